The lowest BCUT2D eigenvalue weighted by Crippen LogP contribution is -2.24. The first kappa shape index (κ1) is 18.2. The van der Waals surface area contributed by atoms with Crippen molar-refractivity contribution in [2.45, 2.75) is 25.0 Å². The molecule has 3 rings (SSSR count). The second-order valence-corrected chi connectivity index (χ2v) is 7.51. The largest absolute Gasteiger partial charge is 0.382 e. The van der Waals surface area contributed by atoms with Crippen LogP contribution < -0.4 is 5.56 Å². The van der Waals surface area contributed by atoms with Crippen LogP contribution in [0.4, 0.5) is 0 Å². The molecule has 3 aromatic rings. The van der Waals surface area contributed by atoms with E-state index in [0.717, 1.165) is 21.6 Å². The molecule has 2 heterocycles. The molecule has 0 N–H and O–H groups in total. The zero-order valence-electron chi connectivity index (χ0n) is 13.9. The molecule has 25 heavy (non-hydrogen) atoms. The molecule has 0 spiro atoms. The summed E-state index contributed by atoms with van der Waals surface area (Å²) in [6.45, 7) is 7.64. The molecular weight excluding hydrogens is 404 g/mol. The first-order valence-corrected chi connectivity index (χ1v) is 9.81. The van der Waals surface area contributed by atoms with E-state index >= 15 is 0 Å². The Kier molecular flexibility index (Phi) is 5.93. The first-order valence-electron chi connectivity index (χ1n) is 8.04. The van der Waals surface area contributed by atoms with Gasteiger partial charge in [-0.05, 0) is 30.0 Å². The van der Waals surface area contributed by atoms with Gasteiger partial charge in [-0.2, -0.15) is 0 Å². The minimum Gasteiger partial charge on any atom is -0.382 e. The van der Waals surface area contributed by atoms with Gasteiger partial charge in [-0.25, -0.2) is 0 Å². The van der Waals surface area contributed by atoms with Crippen LogP contribution in [0.3, 0.4) is 0 Å². The summed E-state index contributed by atoms with van der Waals surface area (Å²) in [4.78, 5) is 12.9. The standard InChI is InChI=1S/C17H19BrN4O2S/c1-3-24-10-6-9-21-15(23)13-7-4-5-8-14(13)22-16(21)19-20-17(22)25-11-12(2)18/h4-5,7-8H,2-3,6,9-11H2,1H3. The summed E-state index contributed by atoms with van der Waals surface area (Å²) in [6, 6.07) is 7.55. The SMILES string of the molecule is C=C(Br)CSc1nnc2n(CCCOCC)c(=O)c3ccccc3n12. The van der Waals surface area contributed by atoms with Crippen molar-refractivity contribution < 1.29 is 4.74 Å². The molecule has 0 radical (unpaired) electrons. The quantitative estimate of drug-likeness (QED) is 0.410. The van der Waals surface area contributed by atoms with E-state index in [0.29, 0.717) is 36.7 Å². The zero-order chi connectivity index (χ0) is 17.8. The summed E-state index contributed by atoms with van der Waals surface area (Å²) < 4.78 is 9.89. The van der Waals surface area contributed by atoms with E-state index in [9.17, 15) is 4.79 Å². The highest BCUT2D eigenvalue weighted by molar-refractivity contribution is 9.11. The van der Waals surface area contributed by atoms with Crippen molar-refractivity contribution in [3.05, 3.63) is 45.7 Å². The number of benzene rings is 1. The molecule has 0 bridgehead atoms. The van der Waals surface area contributed by atoms with Gasteiger partial charge >= 0.3 is 0 Å². The molecule has 0 aliphatic rings. The van der Waals surface area contributed by atoms with Gasteiger partial charge in [0.05, 0.1) is 10.9 Å². The highest BCUT2D eigenvalue weighted by Crippen LogP contribution is 2.24. The Morgan fingerprint density at radius 1 is 1.36 bits per heavy atom. The number of ether oxygens (including phenoxy) is 1. The second kappa shape index (κ2) is 8.16. The molecule has 8 heteroatoms. The van der Waals surface area contributed by atoms with Crippen LogP contribution >= 0.6 is 27.7 Å². The number of hydrogen-bond donors (Lipinski definition) is 0. The fraction of sp³-hybridized carbons (Fsp3) is 0.353. The molecule has 132 valence electrons. The number of para-hydroxylation sites is 1. The van der Waals surface area contributed by atoms with E-state index < -0.39 is 0 Å². The molecule has 1 aromatic carbocycles. The van der Waals surface area contributed by atoms with Gasteiger partial charge in [0.25, 0.3) is 5.56 Å². The third-order valence-corrected chi connectivity index (χ3v) is 5.38. The first-order chi connectivity index (χ1) is 12.1. The second-order valence-electron chi connectivity index (χ2n) is 5.45. The lowest BCUT2D eigenvalue weighted by molar-refractivity contribution is 0.141. The molecule has 0 saturated heterocycles. The third kappa shape index (κ3) is 3.80. The maximum absolute atomic E-state index is 12.9. The van der Waals surface area contributed by atoms with E-state index in [2.05, 4.69) is 32.7 Å². The van der Waals surface area contributed by atoms with E-state index in [1.807, 2.05) is 35.6 Å². The van der Waals surface area contributed by atoms with Gasteiger partial charge in [-0.3, -0.25) is 13.8 Å². The van der Waals surface area contributed by atoms with Gasteiger partial charge in [0.1, 0.15) is 0 Å². The topological polar surface area (TPSA) is 61.4 Å². The number of rotatable bonds is 8. The van der Waals surface area contributed by atoms with Crippen molar-refractivity contribution in [1.82, 2.24) is 19.2 Å². The van der Waals surface area contributed by atoms with Crippen molar-refractivity contribution in [3.8, 4) is 0 Å². The van der Waals surface area contributed by atoms with Crippen LogP contribution in [-0.4, -0.2) is 38.1 Å². The Morgan fingerprint density at radius 2 is 2.16 bits per heavy atom. The normalized spacial score (nSPS) is 11.4. The van der Waals surface area contributed by atoms with E-state index in [1.54, 1.807) is 4.57 Å². The summed E-state index contributed by atoms with van der Waals surface area (Å²) in [5.74, 6) is 1.24. The fourth-order valence-electron chi connectivity index (χ4n) is 2.64. The maximum Gasteiger partial charge on any atom is 0.262 e. The monoisotopic (exact) mass is 422 g/mol. The molecular formula is C17H19BrN4O2S. The van der Waals surface area contributed by atoms with Crippen LogP contribution in [0.5, 0.6) is 0 Å². The average molecular weight is 423 g/mol. The average Bonchev–Trinajstić information content (AvgIpc) is 3.03. The van der Waals surface area contributed by atoms with Crippen LogP contribution in [0.25, 0.3) is 16.7 Å². The van der Waals surface area contributed by atoms with Gasteiger partial charge in [-0.1, -0.05) is 46.4 Å². The Hall–Kier alpha value is -1.64. The molecule has 0 atom stereocenters. The fourth-order valence-corrected chi connectivity index (χ4v) is 3.68. The molecule has 0 aliphatic carbocycles. The predicted molar refractivity (Wildman–Crippen MR) is 105 cm³/mol. The van der Waals surface area contributed by atoms with E-state index in [4.69, 9.17) is 4.74 Å². The number of thioether (sulfide) groups is 1. The van der Waals surface area contributed by atoms with Crippen LogP contribution in [0.15, 0.2) is 45.3 Å². The third-order valence-electron chi connectivity index (χ3n) is 3.71. The summed E-state index contributed by atoms with van der Waals surface area (Å²) >= 11 is 4.90. The number of halogens is 1. The minimum absolute atomic E-state index is 0.0477. The van der Waals surface area contributed by atoms with Crippen LogP contribution in [0.2, 0.25) is 0 Å². The molecule has 6 nitrogen and oxygen atoms in total. The Balaban J connectivity index is 2.12. The summed E-state index contributed by atoms with van der Waals surface area (Å²) in [7, 11) is 0. The summed E-state index contributed by atoms with van der Waals surface area (Å²) in [5.41, 5.74) is 0.768. The minimum atomic E-state index is -0.0477. The van der Waals surface area contributed by atoms with Gasteiger partial charge in [-0.15, -0.1) is 10.2 Å². The van der Waals surface area contributed by atoms with Crippen molar-refractivity contribution >= 4 is 44.4 Å². The van der Waals surface area contributed by atoms with E-state index in [1.165, 1.54) is 11.8 Å². The Bertz CT molecular complexity index is 966. The molecule has 0 fully saturated rings. The van der Waals surface area contributed by atoms with Crippen LogP contribution in [-0.2, 0) is 11.3 Å². The number of aryl methyl sites for hydroxylation is 1. The van der Waals surface area contributed by atoms with Gasteiger partial charge in [0, 0.05) is 25.5 Å². The van der Waals surface area contributed by atoms with Crippen molar-refractivity contribution in [3.63, 3.8) is 0 Å². The number of nitrogens with zero attached hydrogens (tertiary/aromatic N) is 4. The molecule has 2 aromatic heterocycles. The lowest BCUT2D eigenvalue weighted by atomic mass is 10.2. The smallest absolute Gasteiger partial charge is 0.262 e. The molecule has 0 saturated carbocycles. The zero-order valence-corrected chi connectivity index (χ0v) is 16.3. The predicted octanol–water partition coefficient (Wildman–Crippen LogP) is 3.47. The number of hydrogen-bond acceptors (Lipinski definition) is 5. The highest BCUT2D eigenvalue weighted by atomic mass is 79.9. The summed E-state index contributed by atoms with van der Waals surface area (Å²) in [5, 5.41) is 9.96. The maximum atomic E-state index is 12.9. The Morgan fingerprint density at radius 3 is 2.92 bits per heavy atom. The van der Waals surface area contributed by atoms with Crippen molar-refractivity contribution in [1.29, 1.82) is 0 Å². The molecule has 0 aliphatic heterocycles. The van der Waals surface area contributed by atoms with Gasteiger partial charge < -0.3 is 4.74 Å². The van der Waals surface area contributed by atoms with Gasteiger partial charge in [0.2, 0.25) is 5.78 Å². The van der Waals surface area contributed by atoms with Gasteiger partial charge in [0.15, 0.2) is 5.16 Å². The van der Waals surface area contributed by atoms with E-state index in [-0.39, 0.29) is 5.56 Å². The lowest BCUT2D eigenvalue weighted by Gasteiger charge is -2.11. The van der Waals surface area contributed by atoms with Crippen molar-refractivity contribution in [2.24, 2.45) is 0 Å². The van der Waals surface area contributed by atoms with Crippen molar-refractivity contribution in [2.75, 3.05) is 19.0 Å². The molecule has 0 amide bonds. The number of aromatic nitrogens is 4. The summed E-state index contributed by atoms with van der Waals surface area (Å²) in [6.07, 6.45) is 0.745. The van der Waals surface area contributed by atoms with Crippen LogP contribution in [0, 0.1) is 0 Å². The van der Waals surface area contributed by atoms with Crippen LogP contribution in [0.1, 0.15) is 13.3 Å². The number of fused-ring (bicyclic) bond motifs is 3. The highest BCUT2D eigenvalue weighted by Gasteiger charge is 2.16. The Labute approximate surface area is 158 Å². The molecule has 0 unspecified atom stereocenters.